The average Bonchev–Trinajstić information content (AvgIpc) is 3.03. The molecule has 0 unspecified atom stereocenters. The summed E-state index contributed by atoms with van der Waals surface area (Å²) < 4.78 is 27.4. The van der Waals surface area contributed by atoms with Crippen molar-refractivity contribution in [3.05, 3.63) is 23.8 Å². The Kier molecular flexibility index (Phi) is 6.63. The van der Waals surface area contributed by atoms with Gasteiger partial charge in [-0.05, 0) is 68.7 Å². The number of likely N-dealkylation sites (N-methyl/N-ethyl adjacent to an activating group) is 1. The standard InChI is InChI=1S/C24H35N3O4S/c1-16-7-4-5-10-21(16)25-23(28)15-26(3)32(30,31)20-11-12-22-19(14-20)13-17(2)27(22)24(29)18-8-6-9-18/h11-12,14,16-18,21H,4-10,13,15H2,1-3H3,(H,25,28)/t16-,17+,21-/m1/s1. The van der Waals surface area contributed by atoms with Gasteiger partial charge in [-0.3, -0.25) is 9.59 Å². The maximum atomic E-state index is 13.2. The molecule has 0 spiro atoms. The van der Waals surface area contributed by atoms with Crippen LogP contribution in [0.3, 0.4) is 0 Å². The van der Waals surface area contributed by atoms with Crippen LogP contribution in [0.1, 0.15) is 64.4 Å². The molecule has 0 radical (unpaired) electrons. The fourth-order valence-corrected chi connectivity index (χ4v) is 6.38. The molecule has 0 aromatic heterocycles. The molecule has 1 aromatic carbocycles. The fourth-order valence-electron chi connectivity index (χ4n) is 5.21. The molecule has 1 N–H and O–H groups in total. The molecular weight excluding hydrogens is 426 g/mol. The lowest BCUT2D eigenvalue weighted by atomic mass is 9.84. The van der Waals surface area contributed by atoms with E-state index in [1.54, 1.807) is 18.2 Å². The lowest BCUT2D eigenvalue weighted by molar-refractivity contribution is -0.125. The number of carbonyl (C=O) groups is 2. The maximum absolute atomic E-state index is 13.2. The Hall–Kier alpha value is -1.93. The third-order valence-electron chi connectivity index (χ3n) is 7.49. The third-order valence-corrected chi connectivity index (χ3v) is 9.29. The summed E-state index contributed by atoms with van der Waals surface area (Å²) in [6.45, 7) is 3.94. The highest BCUT2D eigenvalue weighted by Crippen LogP contribution is 2.38. The number of hydrogen-bond donors (Lipinski definition) is 1. The van der Waals surface area contributed by atoms with Crippen LogP contribution < -0.4 is 10.2 Å². The topological polar surface area (TPSA) is 86.8 Å². The van der Waals surface area contributed by atoms with Crippen LogP contribution in [0.25, 0.3) is 0 Å². The first-order valence-electron chi connectivity index (χ1n) is 11.9. The summed E-state index contributed by atoms with van der Waals surface area (Å²) in [5.41, 5.74) is 1.69. The van der Waals surface area contributed by atoms with E-state index in [1.807, 2.05) is 11.8 Å². The summed E-state index contributed by atoms with van der Waals surface area (Å²) in [6.07, 6.45) is 7.94. The normalized spacial score (nSPS) is 26.0. The minimum absolute atomic E-state index is 0.0250. The van der Waals surface area contributed by atoms with Crippen LogP contribution in [0, 0.1) is 11.8 Å². The van der Waals surface area contributed by atoms with Crippen LogP contribution in [0.4, 0.5) is 5.69 Å². The maximum Gasteiger partial charge on any atom is 0.243 e. The Morgan fingerprint density at radius 1 is 1.09 bits per heavy atom. The number of nitrogens with zero attached hydrogens (tertiary/aromatic N) is 2. The molecule has 3 atom stereocenters. The quantitative estimate of drug-likeness (QED) is 0.705. The lowest BCUT2D eigenvalue weighted by Gasteiger charge is -2.32. The van der Waals surface area contributed by atoms with Gasteiger partial charge in [0.1, 0.15) is 0 Å². The first-order chi connectivity index (χ1) is 15.2. The second-order valence-corrected chi connectivity index (χ2v) is 11.9. The minimum Gasteiger partial charge on any atom is -0.352 e. The Bertz CT molecular complexity index is 989. The van der Waals surface area contributed by atoms with Gasteiger partial charge in [-0.1, -0.05) is 26.2 Å². The van der Waals surface area contributed by atoms with E-state index in [9.17, 15) is 18.0 Å². The molecule has 2 saturated carbocycles. The number of anilines is 1. The van der Waals surface area contributed by atoms with Gasteiger partial charge in [0, 0.05) is 30.7 Å². The largest absolute Gasteiger partial charge is 0.352 e. The first-order valence-corrected chi connectivity index (χ1v) is 13.3. The summed E-state index contributed by atoms with van der Waals surface area (Å²) in [4.78, 5) is 27.4. The number of sulfonamides is 1. The molecule has 1 aromatic rings. The SMILES string of the molecule is C[C@@H]1CCCC[C@H]1NC(=O)CN(C)S(=O)(=O)c1ccc2c(c1)C[C@H](C)N2C(=O)C1CCC1. The molecule has 1 heterocycles. The molecule has 4 rings (SSSR count). The zero-order valence-electron chi connectivity index (χ0n) is 19.3. The summed E-state index contributed by atoms with van der Waals surface area (Å²) >= 11 is 0. The molecule has 7 nitrogen and oxygen atoms in total. The molecule has 8 heteroatoms. The van der Waals surface area contributed by atoms with Crippen molar-refractivity contribution < 1.29 is 18.0 Å². The molecule has 1 aliphatic heterocycles. The van der Waals surface area contributed by atoms with Gasteiger partial charge < -0.3 is 10.2 Å². The molecule has 3 aliphatic rings. The molecule has 32 heavy (non-hydrogen) atoms. The smallest absolute Gasteiger partial charge is 0.243 e. The van der Waals surface area contributed by atoms with Crippen molar-refractivity contribution >= 4 is 27.5 Å². The molecule has 176 valence electrons. The van der Waals surface area contributed by atoms with Gasteiger partial charge in [-0.2, -0.15) is 4.31 Å². The van der Waals surface area contributed by atoms with Crippen molar-refractivity contribution in [1.29, 1.82) is 0 Å². The van der Waals surface area contributed by atoms with E-state index in [4.69, 9.17) is 0 Å². The van der Waals surface area contributed by atoms with Gasteiger partial charge in [0.25, 0.3) is 0 Å². The number of amides is 2. The minimum atomic E-state index is -3.81. The highest BCUT2D eigenvalue weighted by atomic mass is 32.2. The summed E-state index contributed by atoms with van der Waals surface area (Å²) in [7, 11) is -2.36. The molecule has 2 amide bonds. The number of carbonyl (C=O) groups excluding carboxylic acids is 2. The molecular formula is C24H35N3O4S. The highest BCUT2D eigenvalue weighted by Gasteiger charge is 2.38. The van der Waals surface area contributed by atoms with Gasteiger partial charge in [0.2, 0.25) is 21.8 Å². The second kappa shape index (κ2) is 9.14. The number of hydrogen-bond acceptors (Lipinski definition) is 4. The zero-order chi connectivity index (χ0) is 23.0. The molecule has 2 aliphatic carbocycles. The molecule has 0 saturated heterocycles. The van der Waals surface area contributed by atoms with E-state index in [-0.39, 0.29) is 41.3 Å². The van der Waals surface area contributed by atoms with Crippen molar-refractivity contribution in [3.8, 4) is 0 Å². The van der Waals surface area contributed by atoms with Crippen molar-refractivity contribution in [2.45, 2.75) is 82.2 Å². The zero-order valence-corrected chi connectivity index (χ0v) is 20.2. The van der Waals surface area contributed by atoms with Crippen LogP contribution in [-0.4, -0.2) is 50.2 Å². The Morgan fingerprint density at radius 2 is 1.81 bits per heavy atom. The number of rotatable bonds is 6. The number of fused-ring (bicyclic) bond motifs is 1. The third kappa shape index (κ3) is 4.44. The predicted molar refractivity (Wildman–Crippen MR) is 124 cm³/mol. The van der Waals surface area contributed by atoms with Gasteiger partial charge >= 0.3 is 0 Å². The molecule has 2 fully saturated rings. The van der Waals surface area contributed by atoms with Crippen LogP contribution in [0.15, 0.2) is 23.1 Å². The monoisotopic (exact) mass is 461 g/mol. The van der Waals surface area contributed by atoms with Gasteiger partial charge in [-0.25, -0.2) is 8.42 Å². The van der Waals surface area contributed by atoms with Gasteiger partial charge in [-0.15, -0.1) is 0 Å². The summed E-state index contributed by atoms with van der Waals surface area (Å²) in [5, 5.41) is 3.02. The molecule has 0 bridgehead atoms. The van der Waals surface area contributed by atoms with E-state index in [0.717, 1.165) is 54.1 Å². The van der Waals surface area contributed by atoms with Gasteiger partial charge in [0.05, 0.1) is 11.4 Å². The van der Waals surface area contributed by atoms with Crippen LogP contribution in [0.2, 0.25) is 0 Å². The highest BCUT2D eigenvalue weighted by molar-refractivity contribution is 7.89. The van der Waals surface area contributed by atoms with Crippen molar-refractivity contribution in [2.24, 2.45) is 11.8 Å². The second-order valence-electron chi connectivity index (χ2n) is 9.88. The first kappa shape index (κ1) is 23.2. The van der Waals surface area contributed by atoms with Crippen LogP contribution in [-0.2, 0) is 26.0 Å². The Labute approximate surface area is 191 Å². The number of nitrogens with one attached hydrogen (secondary N) is 1. The van der Waals surface area contributed by atoms with Gasteiger partial charge in [0.15, 0.2) is 0 Å². The summed E-state index contributed by atoms with van der Waals surface area (Å²) in [6, 6.07) is 5.13. The van der Waals surface area contributed by atoms with E-state index >= 15 is 0 Å². The number of benzene rings is 1. The van der Waals surface area contributed by atoms with E-state index in [0.29, 0.717) is 12.3 Å². The average molecular weight is 462 g/mol. The summed E-state index contributed by atoms with van der Waals surface area (Å²) in [5.74, 6) is 0.410. The Balaban J connectivity index is 1.45. The lowest BCUT2D eigenvalue weighted by Crippen LogP contribution is -2.46. The van der Waals surface area contributed by atoms with Crippen LogP contribution in [0.5, 0.6) is 0 Å². The Morgan fingerprint density at radius 3 is 2.47 bits per heavy atom. The van der Waals surface area contributed by atoms with Crippen molar-refractivity contribution in [2.75, 3.05) is 18.5 Å². The predicted octanol–water partition coefficient (Wildman–Crippen LogP) is 3.08. The van der Waals surface area contributed by atoms with Crippen molar-refractivity contribution in [1.82, 2.24) is 9.62 Å². The van der Waals surface area contributed by atoms with Crippen molar-refractivity contribution in [3.63, 3.8) is 0 Å². The fraction of sp³-hybridized carbons (Fsp3) is 0.667. The van der Waals surface area contributed by atoms with E-state index < -0.39 is 10.0 Å². The van der Waals surface area contributed by atoms with E-state index in [2.05, 4.69) is 12.2 Å². The van der Waals surface area contributed by atoms with E-state index in [1.165, 1.54) is 13.5 Å². The van der Waals surface area contributed by atoms with Crippen LogP contribution >= 0.6 is 0 Å².